The Hall–Kier alpha value is -3.93. The minimum absolute atomic E-state index is 0.146. The van der Waals surface area contributed by atoms with Gasteiger partial charge in [0.25, 0.3) is 11.5 Å². The molecule has 33 heavy (non-hydrogen) atoms. The Kier molecular flexibility index (Phi) is 5.42. The summed E-state index contributed by atoms with van der Waals surface area (Å²) in [5.74, 6) is 0.673. The molecular formula is C27H25N3O3. The average molecular weight is 440 g/mol. The second-order valence-electron chi connectivity index (χ2n) is 8.54. The predicted octanol–water partition coefficient (Wildman–Crippen LogP) is 4.51. The number of hydrogen-bond donors (Lipinski definition) is 1. The van der Waals surface area contributed by atoms with Crippen molar-refractivity contribution < 1.29 is 9.53 Å². The zero-order valence-corrected chi connectivity index (χ0v) is 18.7. The van der Waals surface area contributed by atoms with Gasteiger partial charge >= 0.3 is 0 Å². The van der Waals surface area contributed by atoms with E-state index in [4.69, 9.17) is 4.74 Å². The van der Waals surface area contributed by atoms with E-state index in [0.29, 0.717) is 17.3 Å². The first-order valence-electron chi connectivity index (χ1n) is 11.2. The minimum Gasteiger partial charge on any atom is -0.493 e. The van der Waals surface area contributed by atoms with E-state index < -0.39 is 0 Å². The highest BCUT2D eigenvalue weighted by Crippen LogP contribution is 2.30. The van der Waals surface area contributed by atoms with E-state index in [-0.39, 0.29) is 23.2 Å². The molecule has 0 saturated heterocycles. The number of nitrogens with zero attached hydrogens (tertiary/aromatic N) is 2. The van der Waals surface area contributed by atoms with Crippen molar-refractivity contribution in [3.63, 3.8) is 0 Å². The molecule has 6 heteroatoms. The minimum atomic E-state index is -0.303. The Morgan fingerprint density at radius 3 is 2.52 bits per heavy atom. The van der Waals surface area contributed by atoms with Crippen molar-refractivity contribution in [3.05, 3.63) is 93.9 Å². The summed E-state index contributed by atoms with van der Waals surface area (Å²) in [5.41, 5.74) is 4.57. The molecule has 1 aliphatic rings. The third-order valence-electron chi connectivity index (χ3n) is 5.96. The molecule has 0 aliphatic carbocycles. The summed E-state index contributed by atoms with van der Waals surface area (Å²) < 4.78 is 6.96. The fraction of sp³-hybridized carbons (Fsp3) is 0.222. The molecule has 3 aromatic carbocycles. The number of benzene rings is 3. The van der Waals surface area contributed by atoms with Crippen LogP contribution in [0.4, 0.5) is 0 Å². The molecule has 1 N–H and O–H groups in total. The highest BCUT2D eigenvalue weighted by molar-refractivity contribution is 6.04. The van der Waals surface area contributed by atoms with Gasteiger partial charge in [-0.25, -0.2) is 4.68 Å². The molecule has 0 bridgehead atoms. The molecule has 0 fully saturated rings. The van der Waals surface area contributed by atoms with Crippen molar-refractivity contribution in [2.75, 3.05) is 6.61 Å². The van der Waals surface area contributed by atoms with Gasteiger partial charge in [-0.15, -0.1) is 0 Å². The van der Waals surface area contributed by atoms with Gasteiger partial charge in [-0.3, -0.25) is 9.59 Å². The summed E-state index contributed by atoms with van der Waals surface area (Å²) in [4.78, 5) is 25.7. The van der Waals surface area contributed by atoms with Crippen molar-refractivity contribution in [3.8, 4) is 16.9 Å². The molecule has 1 aromatic heterocycles. The molecule has 6 nitrogen and oxygen atoms in total. The van der Waals surface area contributed by atoms with Crippen LogP contribution in [-0.2, 0) is 13.0 Å². The van der Waals surface area contributed by atoms with Crippen LogP contribution in [-0.4, -0.2) is 22.3 Å². The van der Waals surface area contributed by atoms with Crippen LogP contribution in [0.3, 0.4) is 0 Å². The monoisotopic (exact) mass is 439 g/mol. The van der Waals surface area contributed by atoms with Crippen molar-refractivity contribution in [1.82, 2.24) is 15.1 Å². The number of nitrogens with one attached hydrogen (secondary N) is 1. The third kappa shape index (κ3) is 4.00. The molecular weight excluding hydrogens is 414 g/mol. The smallest absolute Gasteiger partial charge is 0.274 e. The van der Waals surface area contributed by atoms with Crippen LogP contribution < -0.4 is 15.6 Å². The van der Waals surface area contributed by atoms with Crippen molar-refractivity contribution in [2.45, 2.75) is 32.9 Å². The molecule has 166 valence electrons. The summed E-state index contributed by atoms with van der Waals surface area (Å²) in [5, 5.41) is 8.39. The van der Waals surface area contributed by atoms with E-state index in [2.05, 4.69) is 34.7 Å². The van der Waals surface area contributed by atoms with Gasteiger partial charge in [-0.05, 0) is 54.3 Å². The molecule has 0 saturated carbocycles. The van der Waals surface area contributed by atoms with Gasteiger partial charge in [0, 0.05) is 18.4 Å². The molecule has 1 aliphatic heterocycles. The summed E-state index contributed by atoms with van der Waals surface area (Å²) in [6, 6.07) is 21.4. The quantitative estimate of drug-likeness (QED) is 0.497. The SMILES string of the molecule is CC(C)n1nc(C(=O)NCc2ccc(-c3ccc4c(c3)CCO4)cc2)c2ccccc2c1=O. The first-order chi connectivity index (χ1) is 16.0. The van der Waals surface area contributed by atoms with Gasteiger partial charge in [0.05, 0.1) is 18.0 Å². The lowest BCUT2D eigenvalue weighted by Gasteiger charge is -2.13. The highest BCUT2D eigenvalue weighted by atomic mass is 16.5. The molecule has 5 rings (SSSR count). The number of fused-ring (bicyclic) bond motifs is 2. The van der Waals surface area contributed by atoms with E-state index in [9.17, 15) is 9.59 Å². The van der Waals surface area contributed by atoms with E-state index in [1.54, 1.807) is 18.2 Å². The van der Waals surface area contributed by atoms with Gasteiger partial charge in [0.2, 0.25) is 0 Å². The number of carbonyl (C=O) groups excluding carboxylic acids is 1. The van der Waals surface area contributed by atoms with Crippen molar-refractivity contribution in [1.29, 1.82) is 0 Å². The van der Waals surface area contributed by atoms with Crippen LogP contribution in [0.15, 0.2) is 71.5 Å². The largest absolute Gasteiger partial charge is 0.493 e. The lowest BCUT2D eigenvalue weighted by atomic mass is 10.0. The maximum absolute atomic E-state index is 13.0. The number of amides is 1. The molecule has 0 unspecified atom stereocenters. The van der Waals surface area contributed by atoms with E-state index in [0.717, 1.165) is 35.5 Å². The topological polar surface area (TPSA) is 73.2 Å². The standard InChI is InChI=1S/C27H25N3O3/c1-17(2)30-27(32)23-6-4-3-5-22(23)25(29-30)26(31)28-16-18-7-9-19(10-8-18)20-11-12-24-21(15-20)13-14-33-24/h3-12,15,17H,13-14,16H2,1-2H3,(H,28,31). The molecule has 4 aromatic rings. The maximum Gasteiger partial charge on any atom is 0.274 e. The molecule has 0 radical (unpaired) electrons. The summed E-state index contributed by atoms with van der Waals surface area (Å²) in [7, 11) is 0. The fourth-order valence-electron chi connectivity index (χ4n) is 4.17. The first-order valence-corrected chi connectivity index (χ1v) is 11.2. The Bertz CT molecular complexity index is 1400. The van der Waals surface area contributed by atoms with Gasteiger partial charge in [-0.1, -0.05) is 48.5 Å². The molecule has 0 spiro atoms. The average Bonchev–Trinajstić information content (AvgIpc) is 3.31. The van der Waals surface area contributed by atoms with Crippen LogP contribution in [0.25, 0.3) is 21.9 Å². The second kappa shape index (κ2) is 8.54. The summed E-state index contributed by atoms with van der Waals surface area (Å²) in [6.45, 7) is 4.87. The summed E-state index contributed by atoms with van der Waals surface area (Å²) >= 11 is 0. The van der Waals surface area contributed by atoms with Crippen LogP contribution in [0.5, 0.6) is 5.75 Å². The molecule has 0 atom stereocenters. The molecule has 2 heterocycles. The number of carbonyl (C=O) groups is 1. The van der Waals surface area contributed by atoms with Gasteiger partial charge < -0.3 is 10.1 Å². The van der Waals surface area contributed by atoms with Crippen LogP contribution >= 0.6 is 0 Å². The second-order valence-corrected chi connectivity index (χ2v) is 8.54. The number of ether oxygens (including phenoxy) is 1. The zero-order chi connectivity index (χ0) is 22.9. The number of rotatable bonds is 5. The highest BCUT2D eigenvalue weighted by Gasteiger charge is 2.18. The third-order valence-corrected chi connectivity index (χ3v) is 5.96. The van der Waals surface area contributed by atoms with E-state index in [1.807, 2.05) is 38.1 Å². The first kappa shape index (κ1) is 20.9. The number of hydrogen-bond acceptors (Lipinski definition) is 4. The van der Waals surface area contributed by atoms with Gasteiger partial charge in [-0.2, -0.15) is 5.10 Å². The Morgan fingerprint density at radius 1 is 1.03 bits per heavy atom. The van der Waals surface area contributed by atoms with E-state index in [1.165, 1.54) is 10.2 Å². The maximum atomic E-state index is 13.0. The van der Waals surface area contributed by atoms with Gasteiger partial charge in [0.15, 0.2) is 5.69 Å². The molecule has 1 amide bonds. The van der Waals surface area contributed by atoms with Crippen molar-refractivity contribution >= 4 is 16.7 Å². The van der Waals surface area contributed by atoms with Crippen LogP contribution in [0.1, 0.15) is 41.5 Å². The predicted molar refractivity (Wildman–Crippen MR) is 129 cm³/mol. The fourth-order valence-corrected chi connectivity index (χ4v) is 4.17. The number of aromatic nitrogens is 2. The van der Waals surface area contributed by atoms with E-state index >= 15 is 0 Å². The summed E-state index contributed by atoms with van der Waals surface area (Å²) in [6.07, 6.45) is 0.945. The van der Waals surface area contributed by atoms with Crippen LogP contribution in [0.2, 0.25) is 0 Å². The normalized spacial score (nSPS) is 12.6. The lowest BCUT2D eigenvalue weighted by Crippen LogP contribution is -2.31. The zero-order valence-electron chi connectivity index (χ0n) is 18.7. The lowest BCUT2D eigenvalue weighted by molar-refractivity contribution is 0.0945. The Morgan fingerprint density at radius 2 is 1.76 bits per heavy atom. The Balaban J connectivity index is 1.35. The van der Waals surface area contributed by atoms with Crippen LogP contribution in [0, 0.1) is 0 Å². The van der Waals surface area contributed by atoms with Gasteiger partial charge in [0.1, 0.15) is 5.75 Å². The Labute approximate surface area is 191 Å². The van der Waals surface area contributed by atoms with Crippen molar-refractivity contribution in [2.24, 2.45) is 0 Å².